The van der Waals surface area contributed by atoms with Crippen LogP contribution in [0.3, 0.4) is 0 Å². The maximum Gasteiger partial charge on any atom is 0.171 e. The third-order valence-corrected chi connectivity index (χ3v) is 5.60. The first kappa shape index (κ1) is 17.4. The maximum atomic E-state index is 5.51. The minimum atomic E-state index is 0.467. The van der Waals surface area contributed by atoms with E-state index in [1.807, 2.05) is 11.3 Å². The molecule has 0 aliphatic carbocycles. The van der Waals surface area contributed by atoms with Crippen LogP contribution >= 0.6 is 23.6 Å². The molecule has 2 aromatic rings. The van der Waals surface area contributed by atoms with Crippen molar-refractivity contribution in [3.05, 3.63) is 51.7 Å². The van der Waals surface area contributed by atoms with Crippen molar-refractivity contribution < 1.29 is 0 Å². The summed E-state index contributed by atoms with van der Waals surface area (Å²) >= 11 is 7.35. The number of benzene rings is 1. The van der Waals surface area contributed by atoms with Crippen LogP contribution in [0.2, 0.25) is 0 Å². The topological polar surface area (TPSA) is 27.3 Å². The Labute approximate surface area is 154 Å². The number of rotatable bonds is 4. The van der Waals surface area contributed by atoms with E-state index in [-0.39, 0.29) is 0 Å². The first-order valence-corrected chi connectivity index (χ1v) is 9.78. The summed E-state index contributed by atoms with van der Waals surface area (Å²) in [7, 11) is 0. The average Bonchev–Trinajstić information content (AvgIpc) is 3.06. The molecule has 1 saturated heterocycles. The highest BCUT2D eigenvalue weighted by molar-refractivity contribution is 7.80. The second-order valence-electron chi connectivity index (χ2n) is 6.55. The van der Waals surface area contributed by atoms with E-state index in [0.29, 0.717) is 6.04 Å². The van der Waals surface area contributed by atoms with Gasteiger partial charge in [-0.05, 0) is 67.5 Å². The summed E-state index contributed by atoms with van der Waals surface area (Å²) in [5.74, 6) is 0. The Morgan fingerprint density at radius 3 is 2.75 bits per heavy atom. The predicted octanol–water partition coefficient (Wildman–Crippen LogP) is 4.32. The van der Waals surface area contributed by atoms with E-state index in [2.05, 4.69) is 65.1 Å². The maximum absolute atomic E-state index is 5.51. The highest BCUT2D eigenvalue weighted by Crippen LogP contribution is 2.18. The van der Waals surface area contributed by atoms with Crippen molar-refractivity contribution in [2.75, 3.05) is 18.4 Å². The summed E-state index contributed by atoms with van der Waals surface area (Å²) in [6, 6.07) is 11.2. The van der Waals surface area contributed by atoms with Crippen molar-refractivity contribution in [1.82, 2.24) is 10.2 Å². The first-order valence-electron chi connectivity index (χ1n) is 8.49. The zero-order valence-electron chi connectivity index (χ0n) is 14.3. The Kier molecular flexibility index (Phi) is 5.87. The van der Waals surface area contributed by atoms with E-state index in [9.17, 15) is 0 Å². The monoisotopic (exact) mass is 359 g/mol. The van der Waals surface area contributed by atoms with Gasteiger partial charge in [0, 0.05) is 36.2 Å². The molecule has 0 saturated carbocycles. The van der Waals surface area contributed by atoms with Gasteiger partial charge in [0.1, 0.15) is 0 Å². The molecule has 1 aromatic heterocycles. The predicted molar refractivity (Wildman–Crippen MR) is 108 cm³/mol. The Bertz CT molecular complexity index is 674. The van der Waals surface area contributed by atoms with Crippen LogP contribution in [0.4, 0.5) is 5.69 Å². The highest BCUT2D eigenvalue weighted by Gasteiger charge is 2.20. The molecule has 0 unspecified atom stereocenters. The third kappa shape index (κ3) is 4.79. The molecule has 1 fully saturated rings. The van der Waals surface area contributed by atoms with Gasteiger partial charge in [-0.3, -0.25) is 4.90 Å². The van der Waals surface area contributed by atoms with E-state index < -0.39 is 0 Å². The molecule has 24 heavy (non-hydrogen) atoms. The Morgan fingerprint density at radius 1 is 1.25 bits per heavy atom. The molecular weight excluding hydrogens is 334 g/mol. The van der Waals surface area contributed by atoms with E-state index in [1.54, 1.807) is 0 Å². The van der Waals surface area contributed by atoms with Crippen LogP contribution in [-0.2, 0) is 6.54 Å². The smallest absolute Gasteiger partial charge is 0.171 e. The number of nitrogens with zero attached hydrogens (tertiary/aromatic N) is 1. The summed E-state index contributed by atoms with van der Waals surface area (Å²) < 4.78 is 0. The third-order valence-electron chi connectivity index (χ3n) is 4.52. The van der Waals surface area contributed by atoms with Crippen LogP contribution in [0.1, 0.15) is 28.8 Å². The second kappa shape index (κ2) is 8.10. The highest BCUT2D eigenvalue weighted by atomic mass is 32.1. The van der Waals surface area contributed by atoms with Crippen molar-refractivity contribution in [3.8, 4) is 0 Å². The summed E-state index contributed by atoms with van der Waals surface area (Å²) in [5.41, 5.74) is 3.56. The number of hydrogen-bond donors (Lipinski definition) is 2. The molecule has 1 aliphatic heterocycles. The number of likely N-dealkylation sites (tertiary alicyclic amines) is 1. The summed E-state index contributed by atoms with van der Waals surface area (Å²) in [5, 5.41) is 9.73. The van der Waals surface area contributed by atoms with Crippen molar-refractivity contribution in [1.29, 1.82) is 0 Å². The largest absolute Gasteiger partial charge is 0.360 e. The van der Waals surface area contributed by atoms with Gasteiger partial charge in [-0.25, -0.2) is 0 Å². The van der Waals surface area contributed by atoms with Crippen molar-refractivity contribution >= 4 is 34.4 Å². The van der Waals surface area contributed by atoms with Crippen LogP contribution in [0, 0.1) is 13.8 Å². The lowest BCUT2D eigenvalue weighted by molar-refractivity contribution is 0.201. The zero-order chi connectivity index (χ0) is 16.9. The average molecular weight is 360 g/mol. The first-order chi connectivity index (χ1) is 11.6. The van der Waals surface area contributed by atoms with Gasteiger partial charge in [-0.2, -0.15) is 0 Å². The van der Waals surface area contributed by atoms with Gasteiger partial charge in [0.2, 0.25) is 0 Å². The lowest BCUT2D eigenvalue weighted by Gasteiger charge is -2.32. The van der Waals surface area contributed by atoms with E-state index in [4.69, 9.17) is 12.2 Å². The van der Waals surface area contributed by atoms with Crippen molar-refractivity contribution in [2.24, 2.45) is 0 Å². The van der Waals surface area contributed by atoms with Crippen LogP contribution < -0.4 is 10.6 Å². The van der Waals surface area contributed by atoms with E-state index in [0.717, 1.165) is 43.3 Å². The van der Waals surface area contributed by atoms with Gasteiger partial charge in [0.25, 0.3) is 0 Å². The molecular formula is C19H25N3S2. The summed E-state index contributed by atoms with van der Waals surface area (Å²) in [6.45, 7) is 7.54. The molecule has 3 nitrogen and oxygen atoms in total. The van der Waals surface area contributed by atoms with Crippen LogP contribution in [-0.4, -0.2) is 29.1 Å². The van der Waals surface area contributed by atoms with Gasteiger partial charge >= 0.3 is 0 Å². The SMILES string of the molecule is Cc1ccc(C)c(NC(=S)NC2CCN(Cc3cccs3)CC2)c1. The summed E-state index contributed by atoms with van der Waals surface area (Å²) in [6.07, 6.45) is 2.28. The molecule has 0 bridgehead atoms. The minimum absolute atomic E-state index is 0.467. The molecule has 2 heterocycles. The molecule has 0 atom stereocenters. The number of nitrogens with one attached hydrogen (secondary N) is 2. The number of piperidine rings is 1. The lowest BCUT2D eigenvalue weighted by atomic mass is 10.1. The van der Waals surface area contributed by atoms with Gasteiger partial charge in [-0.15, -0.1) is 11.3 Å². The molecule has 1 aliphatic rings. The number of thiophene rings is 1. The lowest BCUT2D eigenvalue weighted by Crippen LogP contribution is -2.45. The number of anilines is 1. The molecule has 128 valence electrons. The zero-order valence-corrected chi connectivity index (χ0v) is 16.0. The number of aryl methyl sites for hydroxylation is 2. The Balaban J connectivity index is 1.45. The van der Waals surface area contributed by atoms with Gasteiger partial charge in [0.15, 0.2) is 5.11 Å². The molecule has 1 aromatic carbocycles. The molecule has 2 N–H and O–H groups in total. The normalized spacial score (nSPS) is 16.1. The Morgan fingerprint density at radius 2 is 2.04 bits per heavy atom. The van der Waals surface area contributed by atoms with Crippen molar-refractivity contribution in [2.45, 2.75) is 39.3 Å². The number of hydrogen-bond acceptors (Lipinski definition) is 3. The van der Waals surface area contributed by atoms with E-state index >= 15 is 0 Å². The van der Waals surface area contributed by atoms with Crippen LogP contribution in [0.25, 0.3) is 0 Å². The van der Waals surface area contributed by atoms with E-state index in [1.165, 1.54) is 16.0 Å². The molecule has 3 rings (SSSR count). The van der Waals surface area contributed by atoms with Crippen LogP contribution in [0.15, 0.2) is 35.7 Å². The Hall–Kier alpha value is -1.43. The standard InChI is InChI=1S/C19H25N3S2/c1-14-5-6-15(2)18(12-14)21-19(23)20-16-7-9-22(10-8-16)13-17-4-3-11-24-17/h3-6,11-12,16H,7-10,13H2,1-2H3,(H2,20,21,23). The second-order valence-corrected chi connectivity index (χ2v) is 7.99. The fraction of sp³-hybridized carbons (Fsp3) is 0.421. The van der Waals surface area contributed by atoms with Gasteiger partial charge < -0.3 is 10.6 Å². The molecule has 0 amide bonds. The van der Waals surface area contributed by atoms with Crippen LogP contribution in [0.5, 0.6) is 0 Å². The molecule has 5 heteroatoms. The fourth-order valence-electron chi connectivity index (χ4n) is 3.07. The molecule has 0 spiro atoms. The van der Waals surface area contributed by atoms with Gasteiger partial charge in [-0.1, -0.05) is 18.2 Å². The minimum Gasteiger partial charge on any atom is -0.360 e. The number of thiocarbonyl (C=S) groups is 1. The fourth-order valence-corrected chi connectivity index (χ4v) is 4.10. The molecule has 0 radical (unpaired) electrons. The quantitative estimate of drug-likeness (QED) is 0.795. The van der Waals surface area contributed by atoms with Gasteiger partial charge in [0.05, 0.1) is 0 Å². The van der Waals surface area contributed by atoms with Crippen molar-refractivity contribution in [3.63, 3.8) is 0 Å². The summed E-state index contributed by atoms with van der Waals surface area (Å²) in [4.78, 5) is 3.99.